The number of rotatable bonds is 8. The zero-order valence-electron chi connectivity index (χ0n) is 13.1. The second-order valence-corrected chi connectivity index (χ2v) is 5.74. The van der Waals surface area contributed by atoms with Crippen LogP contribution in [0.4, 0.5) is 4.39 Å². The predicted molar refractivity (Wildman–Crippen MR) is 90.2 cm³/mol. The maximum atomic E-state index is 13.7. The number of hydrogen-bond donors (Lipinski definition) is 2. The number of ether oxygens (including phenoxy) is 1. The number of nitrogens with one attached hydrogen (secondary N) is 1. The number of hydrogen-bond acceptors (Lipinski definition) is 3. The molecule has 0 spiro atoms. The molecular formula is C18H21ClFNO2. The van der Waals surface area contributed by atoms with Gasteiger partial charge in [-0.3, -0.25) is 0 Å². The lowest BCUT2D eigenvalue weighted by Gasteiger charge is -2.17. The first-order chi connectivity index (χ1) is 11.1. The molecule has 2 aromatic carbocycles. The van der Waals surface area contributed by atoms with Crippen LogP contribution in [-0.4, -0.2) is 17.8 Å². The van der Waals surface area contributed by atoms with Crippen LogP contribution in [0, 0.1) is 5.82 Å². The van der Waals surface area contributed by atoms with Crippen molar-refractivity contribution in [1.29, 1.82) is 0 Å². The van der Waals surface area contributed by atoms with Gasteiger partial charge >= 0.3 is 0 Å². The quantitative estimate of drug-likeness (QED) is 0.767. The van der Waals surface area contributed by atoms with Gasteiger partial charge in [-0.1, -0.05) is 36.7 Å². The Balaban J connectivity index is 2.07. The van der Waals surface area contributed by atoms with Crippen molar-refractivity contribution in [2.75, 3.05) is 6.61 Å². The summed E-state index contributed by atoms with van der Waals surface area (Å²) in [5.41, 5.74) is 1.38. The van der Waals surface area contributed by atoms with Gasteiger partial charge in [0.15, 0.2) is 0 Å². The van der Waals surface area contributed by atoms with Crippen molar-refractivity contribution in [2.45, 2.75) is 32.5 Å². The van der Waals surface area contributed by atoms with Gasteiger partial charge in [0.2, 0.25) is 0 Å². The molecule has 0 aliphatic carbocycles. The minimum Gasteiger partial charge on any atom is -0.488 e. The summed E-state index contributed by atoms with van der Waals surface area (Å²) in [7, 11) is 0. The fourth-order valence-electron chi connectivity index (χ4n) is 2.19. The van der Waals surface area contributed by atoms with Crippen molar-refractivity contribution < 1.29 is 14.2 Å². The van der Waals surface area contributed by atoms with Crippen LogP contribution in [0.5, 0.6) is 5.75 Å². The third-order valence-electron chi connectivity index (χ3n) is 3.66. The van der Waals surface area contributed by atoms with E-state index in [0.29, 0.717) is 22.9 Å². The van der Waals surface area contributed by atoms with Gasteiger partial charge in [0, 0.05) is 28.7 Å². The molecule has 0 unspecified atom stereocenters. The topological polar surface area (TPSA) is 41.5 Å². The summed E-state index contributed by atoms with van der Waals surface area (Å²) in [4.78, 5) is 0. The Bertz CT molecular complexity index is 632. The molecule has 23 heavy (non-hydrogen) atoms. The highest BCUT2D eigenvalue weighted by Crippen LogP contribution is 2.24. The molecule has 0 amide bonds. The largest absolute Gasteiger partial charge is 0.488 e. The molecule has 0 aromatic heterocycles. The summed E-state index contributed by atoms with van der Waals surface area (Å²) < 4.78 is 19.4. The van der Waals surface area contributed by atoms with Crippen LogP contribution in [0.25, 0.3) is 0 Å². The van der Waals surface area contributed by atoms with Crippen molar-refractivity contribution in [3.05, 3.63) is 64.4 Å². The van der Waals surface area contributed by atoms with Crippen molar-refractivity contribution in [3.63, 3.8) is 0 Å². The second kappa shape index (κ2) is 8.87. The van der Waals surface area contributed by atoms with Crippen molar-refractivity contribution in [1.82, 2.24) is 5.32 Å². The van der Waals surface area contributed by atoms with Gasteiger partial charge in [0.1, 0.15) is 18.2 Å². The second-order valence-electron chi connectivity index (χ2n) is 5.30. The van der Waals surface area contributed by atoms with Gasteiger partial charge < -0.3 is 15.2 Å². The zero-order chi connectivity index (χ0) is 16.7. The number of halogens is 2. The Kier molecular flexibility index (Phi) is 6.84. The standard InChI is InChI=1S/C18H21ClFNO2/c1-2-16(11-22)21-10-14-9-15(19)7-8-18(14)23-12-13-5-3-4-6-17(13)20/h3-9,16,21-22H,2,10-12H2,1H3/t16-/m1/s1. The Morgan fingerprint density at radius 1 is 1.22 bits per heavy atom. The van der Waals surface area contributed by atoms with E-state index in [1.165, 1.54) is 6.07 Å². The van der Waals surface area contributed by atoms with Gasteiger partial charge in [-0.15, -0.1) is 0 Å². The lowest BCUT2D eigenvalue weighted by atomic mass is 10.1. The van der Waals surface area contributed by atoms with Gasteiger partial charge in [-0.05, 0) is 30.7 Å². The van der Waals surface area contributed by atoms with Gasteiger partial charge in [0.05, 0.1) is 6.61 Å². The van der Waals surface area contributed by atoms with Crippen LogP contribution in [0.3, 0.4) is 0 Å². The van der Waals surface area contributed by atoms with Crippen LogP contribution >= 0.6 is 11.6 Å². The van der Waals surface area contributed by atoms with E-state index in [2.05, 4.69) is 5.32 Å². The molecule has 2 N–H and O–H groups in total. The summed E-state index contributed by atoms with van der Waals surface area (Å²) in [5, 5.41) is 13.1. The van der Waals surface area contributed by atoms with E-state index in [1.54, 1.807) is 30.3 Å². The minimum absolute atomic E-state index is 0.0217. The smallest absolute Gasteiger partial charge is 0.129 e. The Labute approximate surface area is 141 Å². The summed E-state index contributed by atoms with van der Waals surface area (Å²) in [5.74, 6) is 0.366. The maximum absolute atomic E-state index is 13.7. The Hall–Kier alpha value is -1.62. The molecule has 0 heterocycles. The summed E-state index contributed by atoms with van der Waals surface area (Å²) in [6, 6.07) is 11.9. The molecule has 0 saturated carbocycles. The molecule has 2 aromatic rings. The van der Waals surface area contributed by atoms with Crippen LogP contribution in [0.1, 0.15) is 24.5 Å². The summed E-state index contributed by atoms with van der Waals surface area (Å²) >= 11 is 6.05. The third-order valence-corrected chi connectivity index (χ3v) is 3.89. The van der Waals surface area contributed by atoms with E-state index in [9.17, 15) is 9.50 Å². The number of aliphatic hydroxyl groups is 1. The molecule has 0 fully saturated rings. The maximum Gasteiger partial charge on any atom is 0.129 e. The molecule has 0 aliphatic rings. The van der Waals surface area contributed by atoms with E-state index >= 15 is 0 Å². The molecule has 0 saturated heterocycles. The van der Waals surface area contributed by atoms with Crippen LogP contribution in [0.15, 0.2) is 42.5 Å². The lowest BCUT2D eigenvalue weighted by Crippen LogP contribution is -2.31. The fraction of sp³-hybridized carbons (Fsp3) is 0.333. The average molecular weight is 338 g/mol. The molecular weight excluding hydrogens is 317 g/mol. The molecule has 124 valence electrons. The van der Waals surface area contributed by atoms with Crippen molar-refractivity contribution >= 4 is 11.6 Å². The predicted octanol–water partition coefficient (Wildman–Crippen LogP) is 3.92. The Morgan fingerprint density at radius 2 is 2.00 bits per heavy atom. The summed E-state index contributed by atoms with van der Waals surface area (Å²) in [6.45, 7) is 2.74. The summed E-state index contributed by atoms with van der Waals surface area (Å²) in [6.07, 6.45) is 0.822. The minimum atomic E-state index is -0.285. The van der Waals surface area contributed by atoms with Crippen LogP contribution in [0.2, 0.25) is 5.02 Å². The van der Waals surface area contributed by atoms with Crippen LogP contribution < -0.4 is 10.1 Å². The highest BCUT2D eigenvalue weighted by molar-refractivity contribution is 6.30. The number of benzene rings is 2. The first kappa shape index (κ1) is 17.7. The van der Waals surface area contributed by atoms with Gasteiger partial charge in [-0.25, -0.2) is 4.39 Å². The molecule has 3 nitrogen and oxygen atoms in total. The monoisotopic (exact) mass is 337 g/mol. The first-order valence-electron chi connectivity index (χ1n) is 7.63. The van der Waals surface area contributed by atoms with E-state index in [0.717, 1.165) is 12.0 Å². The normalized spacial score (nSPS) is 12.2. The fourth-order valence-corrected chi connectivity index (χ4v) is 2.38. The molecule has 0 bridgehead atoms. The zero-order valence-corrected chi connectivity index (χ0v) is 13.8. The SMILES string of the molecule is CC[C@H](CO)NCc1cc(Cl)ccc1OCc1ccccc1F. The van der Waals surface area contributed by atoms with Gasteiger partial charge in [0.25, 0.3) is 0 Å². The van der Waals surface area contributed by atoms with E-state index in [1.807, 2.05) is 13.0 Å². The molecule has 0 aliphatic heterocycles. The molecule has 1 atom stereocenters. The van der Waals surface area contributed by atoms with Crippen LogP contribution in [-0.2, 0) is 13.2 Å². The average Bonchev–Trinajstić information content (AvgIpc) is 2.56. The molecule has 5 heteroatoms. The highest BCUT2D eigenvalue weighted by Gasteiger charge is 2.10. The molecule has 2 rings (SSSR count). The van der Waals surface area contributed by atoms with Gasteiger partial charge in [-0.2, -0.15) is 0 Å². The lowest BCUT2D eigenvalue weighted by molar-refractivity contribution is 0.237. The third kappa shape index (κ3) is 5.20. The van der Waals surface area contributed by atoms with E-state index in [4.69, 9.17) is 16.3 Å². The first-order valence-corrected chi connectivity index (χ1v) is 8.00. The molecule has 0 radical (unpaired) electrons. The Morgan fingerprint density at radius 3 is 2.70 bits per heavy atom. The van der Waals surface area contributed by atoms with E-state index < -0.39 is 0 Å². The van der Waals surface area contributed by atoms with Crippen molar-refractivity contribution in [2.24, 2.45) is 0 Å². The number of aliphatic hydroxyl groups excluding tert-OH is 1. The van der Waals surface area contributed by atoms with Crippen molar-refractivity contribution in [3.8, 4) is 5.75 Å². The van der Waals surface area contributed by atoms with E-state index in [-0.39, 0.29) is 25.1 Å². The highest BCUT2D eigenvalue weighted by atomic mass is 35.5.